The normalized spacial score (nSPS) is 11.1. The Kier molecular flexibility index (Phi) is 3.21. The number of pyridine rings is 1. The molecule has 0 amide bonds. The largest absolute Gasteiger partial charge is 0.367 e. The standard InChI is InChI=1S/C12H16N2S/c1-3-9(4-2)14-12-10-6-8-15-11(10)5-7-13-12/h5-9H,3-4H2,1-2H3,(H,13,14). The lowest BCUT2D eigenvalue weighted by molar-refractivity contribution is 0.669. The third-order valence-corrected chi connectivity index (χ3v) is 3.59. The molecule has 0 saturated heterocycles. The second kappa shape index (κ2) is 4.62. The van der Waals surface area contributed by atoms with Crippen molar-refractivity contribution in [3.8, 4) is 0 Å². The summed E-state index contributed by atoms with van der Waals surface area (Å²) in [5.41, 5.74) is 0. The van der Waals surface area contributed by atoms with Gasteiger partial charge in [-0.1, -0.05) is 13.8 Å². The third kappa shape index (κ3) is 2.12. The minimum absolute atomic E-state index is 0.531. The summed E-state index contributed by atoms with van der Waals surface area (Å²) in [7, 11) is 0. The number of thiophene rings is 1. The van der Waals surface area contributed by atoms with Crippen LogP contribution in [-0.4, -0.2) is 11.0 Å². The van der Waals surface area contributed by atoms with Gasteiger partial charge in [-0.3, -0.25) is 0 Å². The van der Waals surface area contributed by atoms with Gasteiger partial charge in [0.1, 0.15) is 5.82 Å². The molecule has 0 unspecified atom stereocenters. The van der Waals surface area contributed by atoms with E-state index in [1.165, 1.54) is 10.1 Å². The Balaban J connectivity index is 2.30. The first-order valence-corrected chi connectivity index (χ1v) is 6.31. The van der Waals surface area contributed by atoms with Crippen LogP contribution in [0.3, 0.4) is 0 Å². The summed E-state index contributed by atoms with van der Waals surface area (Å²) in [6.07, 6.45) is 4.15. The maximum absolute atomic E-state index is 4.41. The number of hydrogen-bond donors (Lipinski definition) is 1. The molecule has 2 aromatic rings. The fourth-order valence-corrected chi connectivity index (χ4v) is 2.48. The molecule has 2 heterocycles. The molecule has 0 saturated carbocycles. The predicted octanol–water partition coefficient (Wildman–Crippen LogP) is 3.90. The van der Waals surface area contributed by atoms with Crippen LogP contribution in [0.15, 0.2) is 23.7 Å². The van der Waals surface area contributed by atoms with Gasteiger partial charge in [0, 0.05) is 22.3 Å². The molecular weight excluding hydrogens is 204 g/mol. The molecule has 0 aliphatic carbocycles. The van der Waals surface area contributed by atoms with Crippen molar-refractivity contribution in [1.29, 1.82) is 0 Å². The van der Waals surface area contributed by atoms with Crippen molar-refractivity contribution in [3.63, 3.8) is 0 Å². The van der Waals surface area contributed by atoms with Crippen molar-refractivity contribution in [2.75, 3.05) is 5.32 Å². The smallest absolute Gasteiger partial charge is 0.134 e. The van der Waals surface area contributed by atoms with Crippen LogP contribution in [0.2, 0.25) is 0 Å². The van der Waals surface area contributed by atoms with Gasteiger partial charge >= 0.3 is 0 Å². The molecule has 0 atom stereocenters. The monoisotopic (exact) mass is 220 g/mol. The van der Waals surface area contributed by atoms with Gasteiger partial charge in [0.05, 0.1) is 0 Å². The molecule has 0 spiro atoms. The summed E-state index contributed by atoms with van der Waals surface area (Å²) >= 11 is 1.76. The van der Waals surface area contributed by atoms with Crippen molar-refractivity contribution in [1.82, 2.24) is 4.98 Å². The first-order valence-electron chi connectivity index (χ1n) is 5.44. The van der Waals surface area contributed by atoms with Crippen LogP contribution in [0.25, 0.3) is 10.1 Å². The number of rotatable bonds is 4. The SMILES string of the molecule is CCC(CC)Nc1nccc2sccc12. The minimum Gasteiger partial charge on any atom is -0.367 e. The van der Waals surface area contributed by atoms with E-state index in [0.717, 1.165) is 18.7 Å². The molecule has 0 aromatic carbocycles. The molecule has 3 heteroatoms. The quantitative estimate of drug-likeness (QED) is 0.845. The van der Waals surface area contributed by atoms with Crippen LogP contribution in [0, 0.1) is 0 Å². The van der Waals surface area contributed by atoms with E-state index in [2.05, 4.69) is 41.7 Å². The lowest BCUT2D eigenvalue weighted by atomic mass is 10.1. The number of nitrogens with zero attached hydrogens (tertiary/aromatic N) is 1. The van der Waals surface area contributed by atoms with Gasteiger partial charge in [0.2, 0.25) is 0 Å². The summed E-state index contributed by atoms with van der Waals surface area (Å²) in [5.74, 6) is 1.03. The van der Waals surface area contributed by atoms with Gasteiger partial charge in [-0.2, -0.15) is 0 Å². The summed E-state index contributed by atoms with van der Waals surface area (Å²) in [5, 5.41) is 6.86. The van der Waals surface area contributed by atoms with Gasteiger partial charge in [-0.25, -0.2) is 4.98 Å². The maximum atomic E-state index is 4.41. The van der Waals surface area contributed by atoms with Gasteiger partial charge in [-0.15, -0.1) is 11.3 Å². The Bertz CT molecular complexity index is 432. The van der Waals surface area contributed by atoms with Gasteiger partial charge in [-0.05, 0) is 30.4 Å². The van der Waals surface area contributed by atoms with E-state index in [9.17, 15) is 0 Å². The molecule has 0 radical (unpaired) electrons. The highest BCUT2D eigenvalue weighted by Gasteiger charge is 2.07. The van der Waals surface area contributed by atoms with Crippen LogP contribution in [-0.2, 0) is 0 Å². The van der Waals surface area contributed by atoms with E-state index in [1.54, 1.807) is 11.3 Å². The molecule has 2 aromatic heterocycles. The number of anilines is 1. The first-order chi connectivity index (χ1) is 7.35. The lowest BCUT2D eigenvalue weighted by Crippen LogP contribution is -2.17. The van der Waals surface area contributed by atoms with Gasteiger partial charge in [0.25, 0.3) is 0 Å². The van der Waals surface area contributed by atoms with E-state index in [0.29, 0.717) is 6.04 Å². The second-order valence-corrected chi connectivity index (χ2v) is 4.60. The van der Waals surface area contributed by atoms with E-state index < -0.39 is 0 Å². The summed E-state index contributed by atoms with van der Waals surface area (Å²) in [6.45, 7) is 4.41. The van der Waals surface area contributed by atoms with Crippen LogP contribution >= 0.6 is 11.3 Å². The zero-order valence-corrected chi connectivity index (χ0v) is 9.97. The van der Waals surface area contributed by atoms with Gasteiger partial charge in [0.15, 0.2) is 0 Å². The van der Waals surface area contributed by atoms with E-state index in [4.69, 9.17) is 0 Å². The average molecular weight is 220 g/mol. The molecule has 80 valence electrons. The third-order valence-electron chi connectivity index (χ3n) is 2.71. The number of aromatic nitrogens is 1. The summed E-state index contributed by atoms with van der Waals surface area (Å²) in [4.78, 5) is 4.41. The maximum Gasteiger partial charge on any atom is 0.134 e. The van der Waals surface area contributed by atoms with Crippen molar-refractivity contribution >= 4 is 27.2 Å². The fourth-order valence-electron chi connectivity index (χ4n) is 1.70. The molecule has 0 aliphatic rings. The molecule has 0 fully saturated rings. The minimum atomic E-state index is 0.531. The Hall–Kier alpha value is -1.09. The Morgan fingerprint density at radius 2 is 2.13 bits per heavy atom. The molecule has 2 nitrogen and oxygen atoms in total. The Labute approximate surface area is 94.3 Å². The zero-order chi connectivity index (χ0) is 10.7. The zero-order valence-electron chi connectivity index (χ0n) is 9.16. The number of nitrogens with one attached hydrogen (secondary N) is 1. The first kappa shape index (κ1) is 10.4. The van der Waals surface area contributed by atoms with Crippen molar-refractivity contribution < 1.29 is 0 Å². The highest BCUT2D eigenvalue weighted by molar-refractivity contribution is 7.17. The van der Waals surface area contributed by atoms with E-state index in [-0.39, 0.29) is 0 Å². The van der Waals surface area contributed by atoms with Crippen LogP contribution < -0.4 is 5.32 Å². The predicted molar refractivity (Wildman–Crippen MR) is 67.6 cm³/mol. The molecular formula is C12H16N2S. The van der Waals surface area contributed by atoms with Crippen molar-refractivity contribution in [2.45, 2.75) is 32.7 Å². The van der Waals surface area contributed by atoms with Crippen LogP contribution in [0.1, 0.15) is 26.7 Å². The van der Waals surface area contributed by atoms with Crippen molar-refractivity contribution in [2.24, 2.45) is 0 Å². The average Bonchev–Trinajstić information content (AvgIpc) is 2.74. The van der Waals surface area contributed by atoms with Crippen LogP contribution in [0.5, 0.6) is 0 Å². The molecule has 0 aliphatic heterocycles. The fraction of sp³-hybridized carbons (Fsp3) is 0.417. The molecule has 1 N–H and O–H groups in total. The molecule has 0 bridgehead atoms. The van der Waals surface area contributed by atoms with E-state index >= 15 is 0 Å². The second-order valence-electron chi connectivity index (χ2n) is 3.65. The van der Waals surface area contributed by atoms with Crippen molar-refractivity contribution in [3.05, 3.63) is 23.7 Å². The molecule has 15 heavy (non-hydrogen) atoms. The van der Waals surface area contributed by atoms with E-state index in [1.807, 2.05) is 6.20 Å². The van der Waals surface area contributed by atoms with Gasteiger partial charge < -0.3 is 5.32 Å². The van der Waals surface area contributed by atoms with Crippen LogP contribution in [0.4, 0.5) is 5.82 Å². The molecule has 2 rings (SSSR count). The highest BCUT2D eigenvalue weighted by atomic mass is 32.1. The Morgan fingerprint density at radius 3 is 2.87 bits per heavy atom. The summed E-state index contributed by atoms with van der Waals surface area (Å²) in [6, 6.07) is 4.73. The highest BCUT2D eigenvalue weighted by Crippen LogP contribution is 2.26. The lowest BCUT2D eigenvalue weighted by Gasteiger charge is -2.15. The summed E-state index contributed by atoms with van der Waals surface area (Å²) < 4.78 is 1.30. The number of fused-ring (bicyclic) bond motifs is 1. The number of hydrogen-bond acceptors (Lipinski definition) is 3. The Morgan fingerprint density at radius 1 is 1.33 bits per heavy atom. The topological polar surface area (TPSA) is 24.9 Å².